The van der Waals surface area contributed by atoms with Crippen molar-refractivity contribution in [1.29, 1.82) is 0 Å². The van der Waals surface area contributed by atoms with E-state index in [4.69, 9.17) is 25.8 Å². The lowest BCUT2D eigenvalue weighted by molar-refractivity contribution is 0.138. The maximum Gasteiger partial charge on any atom is 0.161 e. The van der Waals surface area contributed by atoms with Gasteiger partial charge in [0, 0.05) is 43.5 Å². The molecule has 0 aromatic heterocycles. The summed E-state index contributed by atoms with van der Waals surface area (Å²) in [5.74, 6) is 2.24. The molecule has 5 nitrogen and oxygen atoms in total. The normalized spacial score (nSPS) is 18.6. The lowest BCUT2D eigenvalue weighted by atomic mass is 10.0. The molecule has 1 saturated heterocycles. The average molecular weight is 405 g/mol. The lowest BCUT2D eigenvalue weighted by Gasteiger charge is -2.44. The number of benzene rings is 2. The highest BCUT2D eigenvalue weighted by Crippen LogP contribution is 2.34. The van der Waals surface area contributed by atoms with E-state index in [-0.39, 0.29) is 6.04 Å². The first-order valence-corrected chi connectivity index (χ1v) is 9.92. The predicted octanol–water partition coefficient (Wildman–Crippen LogP) is 4.64. The Morgan fingerprint density at radius 2 is 1.64 bits per heavy atom. The highest BCUT2D eigenvalue weighted by atomic mass is 35.5. The van der Waals surface area contributed by atoms with E-state index in [2.05, 4.69) is 41.8 Å². The highest BCUT2D eigenvalue weighted by molar-refractivity contribution is 6.32. The van der Waals surface area contributed by atoms with Gasteiger partial charge in [-0.2, -0.15) is 0 Å². The average Bonchev–Trinajstić information content (AvgIpc) is 2.73. The van der Waals surface area contributed by atoms with E-state index in [0.29, 0.717) is 16.8 Å². The molecule has 0 bridgehead atoms. The Kier molecular flexibility index (Phi) is 6.57. The summed E-state index contributed by atoms with van der Waals surface area (Å²) in [6, 6.07) is 12.8. The molecule has 0 amide bonds. The quantitative estimate of drug-likeness (QED) is 0.700. The van der Waals surface area contributed by atoms with Crippen LogP contribution in [0.3, 0.4) is 0 Å². The Bertz CT molecular complexity index is 814. The van der Waals surface area contributed by atoms with Crippen LogP contribution in [0.25, 0.3) is 0 Å². The first-order chi connectivity index (χ1) is 13.5. The zero-order valence-electron chi connectivity index (χ0n) is 17.2. The molecule has 2 atom stereocenters. The van der Waals surface area contributed by atoms with E-state index in [1.807, 2.05) is 18.2 Å². The van der Waals surface area contributed by atoms with Gasteiger partial charge in [-0.1, -0.05) is 17.7 Å². The Morgan fingerprint density at radius 3 is 2.29 bits per heavy atom. The van der Waals surface area contributed by atoms with Crippen molar-refractivity contribution in [3.8, 4) is 17.2 Å². The van der Waals surface area contributed by atoms with Crippen molar-refractivity contribution >= 4 is 17.3 Å². The van der Waals surface area contributed by atoms with E-state index in [1.165, 1.54) is 5.56 Å². The first-order valence-electron chi connectivity index (χ1n) is 9.54. The fraction of sp³-hybridized carbons (Fsp3) is 0.455. The van der Waals surface area contributed by atoms with E-state index in [9.17, 15) is 0 Å². The standard InChI is InChI=1S/C22H29ClN2O3/c1-15-14-24(18-7-8-19(23)21(13-18)27-4)10-11-25(15)16(2)17-6-9-20(26-3)22(12-17)28-5/h6-9,12-13,15-16H,10-11,14H2,1-5H3/t15-,16?/m1/s1. The highest BCUT2D eigenvalue weighted by Gasteiger charge is 2.28. The zero-order valence-corrected chi connectivity index (χ0v) is 18.0. The van der Waals surface area contributed by atoms with Crippen molar-refractivity contribution in [2.24, 2.45) is 0 Å². The summed E-state index contributed by atoms with van der Waals surface area (Å²) in [5, 5.41) is 0.639. The number of piperazine rings is 1. The van der Waals surface area contributed by atoms with Crippen molar-refractivity contribution in [2.75, 3.05) is 45.9 Å². The molecule has 2 aromatic carbocycles. The van der Waals surface area contributed by atoms with Gasteiger partial charge in [0.15, 0.2) is 11.5 Å². The molecule has 1 heterocycles. The fourth-order valence-corrected chi connectivity index (χ4v) is 4.13. The third-order valence-electron chi connectivity index (χ3n) is 5.57. The number of nitrogens with zero attached hydrogens (tertiary/aromatic N) is 2. The SMILES string of the molecule is COc1cc(N2CCN(C(C)c3ccc(OC)c(OC)c3)[C@H](C)C2)ccc1Cl. The minimum atomic E-state index is 0.289. The molecule has 0 N–H and O–H groups in total. The summed E-state index contributed by atoms with van der Waals surface area (Å²) in [7, 11) is 4.98. The monoisotopic (exact) mass is 404 g/mol. The summed E-state index contributed by atoms with van der Waals surface area (Å²) >= 11 is 6.17. The Balaban J connectivity index is 1.73. The van der Waals surface area contributed by atoms with Gasteiger partial charge in [-0.25, -0.2) is 0 Å². The van der Waals surface area contributed by atoms with Crippen molar-refractivity contribution in [3.05, 3.63) is 47.0 Å². The molecule has 0 aliphatic carbocycles. The molecule has 1 aliphatic rings. The third-order valence-corrected chi connectivity index (χ3v) is 5.88. The van der Waals surface area contributed by atoms with Crippen LogP contribution in [0.2, 0.25) is 5.02 Å². The van der Waals surface area contributed by atoms with Crippen LogP contribution < -0.4 is 19.1 Å². The topological polar surface area (TPSA) is 34.2 Å². The fourth-order valence-electron chi connectivity index (χ4n) is 3.93. The minimum absolute atomic E-state index is 0.289. The van der Waals surface area contributed by atoms with Gasteiger partial charge in [0.2, 0.25) is 0 Å². The maximum absolute atomic E-state index is 6.17. The molecule has 3 rings (SSSR count). The molecular weight excluding hydrogens is 376 g/mol. The molecule has 2 aromatic rings. The summed E-state index contributed by atoms with van der Waals surface area (Å²) in [6.45, 7) is 7.39. The predicted molar refractivity (Wildman–Crippen MR) is 114 cm³/mol. The lowest BCUT2D eigenvalue weighted by Crippen LogP contribution is -2.52. The Morgan fingerprint density at radius 1 is 0.929 bits per heavy atom. The second-order valence-corrected chi connectivity index (χ2v) is 7.55. The minimum Gasteiger partial charge on any atom is -0.495 e. The van der Waals surface area contributed by atoms with Crippen LogP contribution in [0.4, 0.5) is 5.69 Å². The molecule has 0 radical (unpaired) electrons. The van der Waals surface area contributed by atoms with Gasteiger partial charge in [0.05, 0.1) is 26.4 Å². The van der Waals surface area contributed by atoms with E-state index in [0.717, 1.165) is 36.8 Å². The van der Waals surface area contributed by atoms with Crippen molar-refractivity contribution < 1.29 is 14.2 Å². The van der Waals surface area contributed by atoms with Crippen LogP contribution in [0, 0.1) is 0 Å². The van der Waals surface area contributed by atoms with E-state index >= 15 is 0 Å². The molecule has 6 heteroatoms. The van der Waals surface area contributed by atoms with Gasteiger partial charge in [-0.3, -0.25) is 4.90 Å². The number of anilines is 1. The first kappa shape index (κ1) is 20.6. The van der Waals surface area contributed by atoms with Gasteiger partial charge < -0.3 is 19.1 Å². The third kappa shape index (κ3) is 4.15. The molecule has 28 heavy (non-hydrogen) atoms. The van der Waals surface area contributed by atoms with Gasteiger partial charge in [-0.15, -0.1) is 0 Å². The van der Waals surface area contributed by atoms with E-state index in [1.54, 1.807) is 21.3 Å². The van der Waals surface area contributed by atoms with Crippen LogP contribution in [0.15, 0.2) is 36.4 Å². The second-order valence-electron chi connectivity index (χ2n) is 7.14. The summed E-state index contributed by atoms with van der Waals surface area (Å²) in [4.78, 5) is 4.92. The molecule has 0 spiro atoms. The molecule has 0 saturated carbocycles. The van der Waals surface area contributed by atoms with Crippen LogP contribution in [-0.2, 0) is 0 Å². The number of hydrogen-bond acceptors (Lipinski definition) is 5. The molecule has 1 fully saturated rings. The van der Waals surface area contributed by atoms with Gasteiger partial charge in [0.25, 0.3) is 0 Å². The van der Waals surface area contributed by atoms with Crippen LogP contribution >= 0.6 is 11.6 Å². The largest absolute Gasteiger partial charge is 0.495 e. The summed E-state index contributed by atoms with van der Waals surface area (Å²) < 4.78 is 16.2. The van der Waals surface area contributed by atoms with Crippen LogP contribution in [-0.4, -0.2) is 51.9 Å². The summed E-state index contributed by atoms with van der Waals surface area (Å²) in [5.41, 5.74) is 2.37. The van der Waals surface area contributed by atoms with Crippen molar-refractivity contribution in [2.45, 2.75) is 25.9 Å². The number of methoxy groups -OCH3 is 3. The van der Waals surface area contributed by atoms with Gasteiger partial charge in [-0.05, 0) is 43.7 Å². The number of halogens is 1. The molecule has 1 aliphatic heterocycles. The Hall–Kier alpha value is -2.11. The zero-order chi connectivity index (χ0) is 20.3. The molecular formula is C22H29ClN2O3. The Labute approximate surface area is 172 Å². The molecule has 1 unspecified atom stereocenters. The smallest absolute Gasteiger partial charge is 0.161 e. The van der Waals surface area contributed by atoms with Crippen molar-refractivity contribution in [1.82, 2.24) is 4.90 Å². The van der Waals surface area contributed by atoms with Crippen LogP contribution in [0.1, 0.15) is 25.5 Å². The second kappa shape index (κ2) is 8.93. The number of ether oxygens (including phenoxy) is 3. The van der Waals surface area contributed by atoms with Gasteiger partial charge >= 0.3 is 0 Å². The van der Waals surface area contributed by atoms with Gasteiger partial charge in [0.1, 0.15) is 5.75 Å². The van der Waals surface area contributed by atoms with Crippen molar-refractivity contribution in [3.63, 3.8) is 0 Å². The number of hydrogen-bond donors (Lipinski definition) is 0. The summed E-state index contributed by atoms with van der Waals surface area (Å²) in [6.07, 6.45) is 0. The maximum atomic E-state index is 6.17. The molecule has 152 valence electrons. The number of rotatable bonds is 6. The van der Waals surface area contributed by atoms with E-state index < -0.39 is 0 Å². The van der Waals surface area contributed by atoms with Crippen LogP contribution in [0.5, 0.6) is 17.2 Å².